The molecule has 1 N–H and O–H groups in total. The predicted molar refractivity (Wildman–Crippen MR) is 76.8 cm³/mol. The van der Waals surface area contributed by atoms with Gasteiger partial charge in [0, 0.05) is 30.5 Å². The van der Waals surface area contributed by atoms with Crippen molar-refractivity contribution in [2.75, 3.05) is 0 Å². The number of benzene rings is 1. The summed E-state index contributed by atoms with van der Waals surface area (Å²) in [5.41, 5.74) is 2.27. The van der Waals surface area contributed by atoms with Crippen molar-refractivity contribution in [2.45, 2.75) is 13.0 Å². The summed E-state index contributed by atoms with van der Waals surface area (Å²) in [6.45, 7) is 0.736. The van der Waals surface area contributed by atoms with E-state index >= 15 is 0 Å². The molecule has 1 aromatic carbocycles. The Morgan fingerprint density at radius 3 is 2.85 bits per heavy atom. The minimum absolute atomic E-state index is 0.346. The van der Waals surface area contributed by atoms with E-state index in [2.05, 4.69) is 4.98 Å². The molecule has 4 heteroatoms. The van der Waals surface area contributed by atoms with Crippen LogP contribution in [0.2, 0.25) is 0 Å². The number of aromatic carboxylic acids is 1. The van der Waals surface area contributed by atoms with Crippen LogP contribution in [0.1, 0.15) is 15.9 Å². The van der Waals surface area contributed by atoms with E-state index in [0.717, 1.165) is 29.4 Å². The van der Waals surface area contributed by atoms with E-state index < -0.39 is 5.97 Å². The number of para-hydroxylation sites is 1. The fraction of sp³-hybridized carbons (Fsp3) is 0.125. The lowest BCUT2D eigenvalue weighted by Gasteiger charge is -2.07. The minimum Gasteiger partial charge on any atom is -0.478 e. The number of hydrogen-bond donors (Lipinski definition) is 1. The van der Waals surface area contributed by atoms with E-state index in [-0.39, 0.29) is 0 Å². The molecule has 0 saturated carbocycles. The van der Waals surface area contributed by atoms with Gasteiger partial charge in [-0.05, 0) is 30.2 Å². The van der Waals surface area contributed by atoms with E-state index in [4.69, 9.17) is 0 Å². The Morgan fingerprint density at radius 2 is 2.10 bits per heavy atom. The molecule has 0 spiro atoms. The molecule has 3 rings (SSSR count). The van der Waals surface area contributed by atoms with Crippen LogP contribution in [0.5, 0.6) is 0 Å². The van der Waals surface area contributed by atoms with Crippen LogP contribution in [0.4, 0.5) is 0 Å². The van der Waals surface area contributed by atoms with E-state index in [0.29, 0.717) is 5.56 Å². The van der Waals surface area contributed by atoms with Crippen LogP contribution in [0.25, 0.3) is 10.9 Å². The third-order valence-electron chi connectivity index (χ3n) is 3.38. The van der Waals surface area contributed by atoms with Crippen LogP contribution < -0.4 is 0 Å². The molecular weight excluding hydrogens is 252 g/mol. The van der Waals surface area contributed by atoms with Gasteiger partial charge in [0.25, 0.3) is 0 Å². The fourth-order valence-corrected chi connectivity index (χ4v) is 2.42. The monoisotopic (exact) mass is 266 g/mol. The van der Waals surface area contributed by atoms with Gasteiger partial charge in [-0.15, -0.1) is 0 Å². The average molecular weight is 266 g/mol. The first-order valence-corrected chi connectivity index (χ1v) is 6.46. The second kappa shape index (κ2) is 5.17. The van der Waals surface area contributed by atoms with Gasteiger partial charge in [-0.1, -0.05) is 18.2 Å². The maximum atomic E-state index is 11.3. The third-order valence-corrected chi connectivity index (χ3v) is 3.38. The molecule has 2 heterocycles. The van der Waals surface area contributed by atoms with Crippen molar-refractivity contribution in [1.29, 1.82) is 0 Å². The molecule has 0 aliphatic heterocycles. The van der Waals surface area contributed by atoms with Gasteiger partial charge in [0.05, 0.1) is 11.1 Å². The number of fused-ring (bicyclic) bond motifs is 1. The number of rotatable bonds is 4. The lowest BCUT2D eigenvalue weighted by atomic mass is 10.1. The van der Waals surface area contributed by atoms with Crippen molar-refractivity contribution in [2.24, 2.45) is 0 Å². The molecule has 3 aromatic rings. The Morgan fingerprint density at radius 1 is 1.20 bits per heavy atom. The summed E-state index contributed by atoms with van der Waals surface area (Å²) < 4.78 is 1.99. The molecule has 2 aromatic heterocycles. The molecule has 0 saturated heterocycles. The summed E-state index contributed by atoms with van der Waals surface area (Å²) in [4.78, 5) is 15.4. The molecule has 4 nitrogen and oxygen atoms in total. The maximum Gasteiger partial charge on any atom is 0.337 e. The Kier molecular flexibility index (Phi) is 3.21. The number of pyridine rings is 1. The van der Waals surface area contributed by atoms with Crippen molar-refractivity contribution in [3.05, 3.63) is 66.1 Å². The number of aryl methyl sites for hydroxylation is 2. The van der Waals surface area contributed by atoms with Crippen LogP contribution in [-0.4, -0.2) is 20.6 Å². The number of aromatic nitrogens is 2. The molecule has 0 fully saturated rings. The summed E-state index contributed by atoms with van der Waals surface area (Å²) in [6.07, 6.45) is 6.35. The Bertz CT molecular complexity index is 748. The molecule has 0 radical (unpaired) electrons. The minimum atomic E-state index is -0.892. The second-order valence-electron chi connectivity index (χ2n) is 4.67. The zero-order valence-corrected chi connectivity index (χ0v) is 10.9. The van der Waals surface area contributed by atoms with E-state index in [1.165, 1.54) is 0 Å². The molecule has 0 amide bonds. The van der Waals surface area contributed by atoms with Crippen molar-refractivity contribution in [3.63, 3.8) is 0 Å². The number of carbonyl (C=O) groups is 1. The number of carboxylic acids is 1. The molecule has 0 aliphatic rings. The van der Waals surface area contributed by atoms with Crippen LogP contribution in [-0.2, 0) is 13.0 Å². The lowest BCUT2D eigenvalue weighted by Crippen LogP contribution is -2.05. The van der Waals surface area contributed by atoms with Gasteiger partial charge < -0.3 is 9.67 Å². The highest BCUT2D eigenvalue weighted by molar-refractivity contribution is 6.02. The van der Waals surface area contributed by atoms with Crippen LogP contribution in [0.15, 0.2) is 55.0 Å². The van der Waals surface area contributed by atoms with Gasteiger partial charge in [-0.25, -0.2) is 4.79 Å². The first kappa shape index (κ1) is 12.4. The van der Waals surface area contributed by atoms with E-state index in [9.17, 15) is 9.90 Å². The first-order chi connectivity index (χ1) is 9.75. The summed E-state index contributed by atoms with van der Waals surface area (Å²) in [6, 6.07) is 11.2. The zero-order chi connectivity index (χ0) is 13.9. The van der Waals surface area contributed by atoms with Gasteiger partial charge >= 0.3 is 5.97 Å². The largest absolute Gasteiger partial charge is 0.478 e. The standard InChI is InChI=1S/C16H14N2O2/c19-16(20)14-5-1-4-13-7-10-18(15(13)14)9-6-12-3-2-8-17-11-12/h1-5,7-8,10-11H,6,9H2,(H,19,20). The quantitative estimate of drug-likeness (QED) is 0.789. The topological polar surface area (TPSA) is 55.1 Å². The lowest BCUT2D eigenvalue weighted by molar-refractivity contribution is 0.0698. The number of carboxylic acid groups (broad SMARTS) is 1. The Labute approximate surface area is 116 Å². The third kappa shape index (κ3) is 2.28. The van der Waals surface area contributed by atoms with Gasteiger partial charge in [0.15, 0.2) is 0 Å². The summed E-state index contributed by atoms with van der Waals surface area (Å²) in [5, 5.41) is 10.2. The summed E-state index contributed by atoms with van der Waals surface area (Å²) in [7, 11) is 0. The molecule has 0 aliphatic carbocycles. The average Bonchev–Trinajstić information content (AvgIpc) is 2.89. The predicted octanol–water partition coefficient (Wildman–Crippen LogP) is 2.98. The molecule has 0 unspecified atom stereocenters. The van der Waals surface area contributed by atoms with Crippen molar-refractivity contribution in [3.8, 4) is 0 Å². The maximum absolute atomic E-state index is 11.3. The van der Waals surface area contributed by atoms with Crippen LogP contribution in [0, 0.1) is 0 Å². The van der Waals surface area contributed by atoms with Crippen molar-refractivity contribution < 1.29 is 9.90 Å². The van der Waals surface area contributed by atoms with Gasteiger partial charge in [-0.2, -0.15) is 0 Å². The van der Waals surface area contributed by atoms with Gasteiger partial charge in [-0.3, -0.25) is 4.98 Å². The number of nitrogens with zero attached hydrogens (tertiary/aromatic N) is 2. The summed E-state index contributed by atoms with van der Waals surface area (Å²) >= 11 is 0. The molecule has 0 atom stereocenters. The Balaban J connectivity index is 1.94. The zero-order valence-electron chi connectivity index (χ0n) is 10.9. The van der Waals surface area contributed by atoms with E-state index in [1.54, 1.807) is 18.3 Å². The van der Waals surface area contributed by atoms with Crippen LogP contribution in [0.3, 0.4) is 0 Å². The highest BCUT2D eigenvalue weighted by atomic mass is 16.4. The molecule has 100 valence electrons. The molecule has 0 bridgehead atoms. The van der Waals surface area contributed by atoms with Crippen molar-refractivity contribution >= 4 is 16.9 Å². The van der Waals surface area contributed by atoms with E-state index in [1.807, 2.05) is 41.2 Å². The van der Waals surface area contributed by atoms with Crippen molar-refractivity contribution in [1.82, 2.24) is 9.55 Å². The van der Waals surface area contributed by atoms with Gasteiger partial charge in [0.2, 0.25) is 0 Å². The molecule has 20 heavy (non-hydrogen) atoms. The SMILES string of the molecule is O=C(O)c1cccc2ccn(CCc3cccnc3)c12. The second-order valence-corrected chi connectivity index (χ2v) is 4.67. The van der Waals surface area contributed by atoms with Gasteiger partial charge in [0.1, 0.15) is 0 Å². The highest BCUT2D eigenvalue weighted by Gasteiger charge is 2.11. The molecular formula is C16H14N2O2. The summed E-state index contributed by atoms with van der Waals surface area (Å²) in [5.74, 6) is -0.892. The smallest absolute Gasteiger partial charge is 0.337 e. The highest BCUT2D eigenvalue weighted by Crippen LogP contribution is 2.21. The normalized spacial score (nSPS) is 10.8. The number of hydrogen-bond acceptors (Lipinski definition) is 2. The first-order valence-electron chi connectivity index (χ1n) is 6.46. The van der Waals surface area contributed by atoms with Crippen LogP contribution >= 0.6 is 0 Å². The Hall–Kier alpha value is -2.62. The fourth-order valence-electron chi connectivity index (χ4n) is 2.42.